The van der Waals surface area contributed by atoms with Crippen LogP contribution in [0.5, 0.6) is 0 Å². The molecule has 0 unspecified atom stereocenters. The molecule has 0 radical (unpaired) electrons. The maximum absolute atomic E-state index is 5.80. The third-order valence-corrected chi connectivity index (χ3v) is 1.46. The smallest absolute Gasteiger partial charge is 0.0968 e. The second-order valence-electron chi connectivity index (χ2n) is 4.19. The SMILES string of the molecule is C/C=C(\C=C/N)N/C(N)=C/C(C)(C)C. The second kappa shape index (κ2) is 5.37. The number of nitrogens with one attached hydrogen (secondary N) is 1. The average molecular weight is 195 g/mol. The van der Waals surface area contributed by atoms with Crippen molar-refractivity contribution in [1.29, 1.82) is 0 Å². The molecule has 0 spiro atoms. The molecule has 0 fully saturated rings. The lowest BCUT2D eigenvalue weighted by Gasteiger charge is -2.15. The lowest BCUT2D eigenvalue weighted by atomic mass is 9.96. The highest BCUT2D eigenvalue weighted by atomic mass is 15.0. The van der Waals surface area contributed by atoms with Crippen LogP contribution in [-0.2, 0) is 0 Å². The highest BCUT2D eigenvalue weighted by Crippen LogP contribution is 2.15. The van der Waals surface area contributed by atoms with Crippen molar-refractivity contribution in [3.63, 3.8) is 0 Å². The summed E-state index contributed by atoms with van der Waals surface area (Å²) in [5.41, 5.74) is 12.1. The molecule has 14 heavy (non-hydrogen) atoms. The van der Waals surface area contributed by atoms with Crippen molar-refractivity contribution in [3.8, 4) is 0 Å². The van der Waals surface area contributed by atoms with E-state index in [9.17, 15) is 0 Å². The number of hydrogen-bond donors (Lipinski definition) is 3. The first-order chi connectivity index (χ1) is 6.39. The molecular weight excluding hydrogens is 174 g/mol. The molecule has 0 amide bonds. The molecule has 0 aliphatic carbocycles. The Morgan fingerprint density at radius 2 is 1.86 bits per heavy atom. The molecule has 5 N–H and O–H groups in total. The van der Waals surface area contributed by atoms with Crippen LogP contribution in [0.4, 0.5) is 0 Å². The molecular formula is C11H21N3. The molecule has 3 heteroatoms. The highest BCUT2D eigenvalue weighted by molar-refractivity contribution is 5.20. The number of allylic oxidation sites excluding steroid dienone is 3. The first-order valence-corrected chi connectivity index (χ1v) is 4.69. The van der Waals surface area contributed by atoms with E-state index in [2.05, 4.69) is 26.1 Å². The lowest BCUT2D eigenvalue weighted by Crippen LogP contribution is -2.21. The molecule has 3 nitrogen and oxygen atoms in total. The van der Waals surface area contributed by atoms with Crippen LogP contribution < -0.4 is 16.8 Å². The summed E-state index contributed by atoms with van der Waals surface area (Å²) in [6, 6.07) is 0. The van der Waals surface area contributed by atoms with Crippen LogP contribution >= 0.6 is 0 Å². The Kier molecular flexibility index (Phi) is 4.84. The molecule has 0 aromatic rings. The summed E-state index contributed by atoms with van der Waals surface area (Å²) in [6.07, 6.45) is 7.13. The van der Waals surface area contributed by atoms with Crippen molar-refractivity contribution in [1.82, 2.24) is 5.32 Å². The fourth-order valence-electron chi connectivity index (χ4n) is 0.983. The third-order valence-electron chi connectivity index (χ3n) is 1.46. The molecule has 0 aromatic heterocycles. The molecule has 0 bridgehead atoms. The summed E-state index contributed by atoms with van der Waals surface area (Å²) in [4.78, 5) is 0. The minimum atomic E-state index is 0.0718. The molecule has 0 saturated carbocycles. The van der Waals surface area contributed by atoms with E-state index in [-0.39, 0.29) is 5.41 Å². The van der Waals surface area contributed by atoms with Gasteiger partial charge in [0.25, 0.3) is 0 Å². The van der Waals surface area contributed by atoms with Crippen LogP contribution in [0.15, 0.2) is 35.9 Å². The van der Waals surface area contributed by atoms with Crippen LogP contribution in [0.1, 0.15) is 27.7 Å². The zero-order valence-corrected chi connectivity index (χ0v) is 9.46. The van der Waals surface area contributed by atoms with Crippen LogP contribution in [0, 0.1) is 5.41 Å². The summed E-state index contributed by atoms with van der Waals surface area (Å²) in [5.74, 6) is 0.642. The molecule has 0 aliphatic heterocycles. The summed E-state index contributed by atoms with van der Waals surface area (Å²) in [6.45, 7) is 8.20. The Hall–Kier alpha value is -1.38. The van der Waals surface area contributed by atoms with Gasteiger partial charge in [-0.25, -0.2) is 0 Å². The Bertz CT molecular complexity index is 254. The fraction of sp³-hybridized carbons (Fsp3) is 0.455. The first-order valence-electron chi connectivity index (χ1n) is 4.69. The standard InChI is InChI=1S/C11H21N3/c1-5-9(6-7-12)14-10(13)8-11(2,3)4/h5-8,14H,12-13H2,1-4H3/b7-6-,9-5+,10-8+. The average Bonchev–Trinajstić information content (AvgIpc) is 2.00. The van der Waals surface area contributed by atoms with Crippen molar-refractivity contribution in [3.05, 3.63) is 35.9 Å². The minimum absolute atomic E-state index is 0.0718. The zero-order chi connectivity index (χ0) is 11.2. The van der Waals surface area contributed by atoms with Gasteiger partial charge in [0.2, 0.25) is 0 Å². The summed E-state index contributed by atoms with van der Waals surface area (Å²) in [7, 11) is 0. The van der Waals surface area contributed by atoms with Gasteiger partial charge in [-0.1, -0.05) is 26.8 Å². The van der Waals surface area contributed by atoms with Crippen molar-refractivity contribution >= 4 is 0 Å². The van der Waals surface area contributed by atoms with Gasteiger partial charge in [0, 0.05) is 5.70 Å². The van der Waals surface area contributed by atoms with Crippen LogP contribution in [-0.4, -0.2) is 0 Å². The van der Waals surface area contributed by atoms with Crippen LogP contribution in [0.2, 0.25) is 0 Å². The Morgan fingerprint density at radius 1 is 1.29 bits per heavy atom. The molecule has 0 heterocycles. The molecule has 0 atom stereocenters. The summed E-state index contributed by atoms with van der Waals surface area (Å²) in [5, 5.41) is 3.06. The van der Waals surface area contributed by atoms with Gasteiger partial charge in [-0.15, -0.1) is 0 Å². The van der Waals surface area contributed by atoms with Gasteiger partial charge in [-0.3, -0.25) is 0 Å². The predicted octanol–water partition coefficient (Wildman–Crippen LogP) is 1.80. The first kappa shape index (κ1) is 12.6. The van der Waals surface area contributed by atoms with Gasteiger partial charge >= 0.3 is 0 Å². The quantitative estimate of drug-likeness (QED) is 0.602. The van der Waals surface area contributed by atoms with E-state index < -0.39 is 0 Å². The Morgan fingerprint density at radius 3 is 2.21 bits per heavy atom. The largest absolute Gasteiger partial charge is 0.405 e. The number of nitrogens with two attached hydrogens (primary N) is 2. The van der Waals surface area contributed by atoms with Gasteiger partial charge in [-0.05, 0) is 30.7 Å². The van der Waals surface area contributed by atoms with Crippen LogP contribution in [0.3, 0.4) is 0 Å². The fourth-order valence-corrected chi connectivity index (χ4v) is 0.983. The van der Waals surface area contributed by atoms with Gasteiger partial charge in [0.05, 0.1) is 5.82 Å². The van der Waals surface area contributed by atoms with E-state index in [1.54, 1.807) is 6.08 Å². The van der Waals surface area contributed by atoms with Gasteiger partial charge in [0.15, 0.2) is 0 Å². The number of rotatable bonds is 3. The molecule has 0 saturated heterocycles. The molecule has 0 aliphatic rings. The van der Waals surface area contributed by atoms with Crippen molar-refractivity contribution in [2.24, 2.45) is 16.9 Å². The third kappa shape index (κ3) is 6.17. The Balaban J connectivity index is 4.45. The lowest BCUT2D eigenvalue weighted by molar-refractivity contribution is 0.535. The van der Waals surface area contributed by atoms with Gasteiger partial charge in [0.1, 0.15) is 0 Å². The van der Waals surface area contributed by atoms with Crippen molar-refractivity contribution < 1.29 is 0 Å². The number of hydrogen-bond acceptors (Lipinski definition) is 3. The molecule has 0 aromatic carbocycles. The summed E-state index contributed by atoms with van der Waals surface area (Å²) >= 11 is 0. The topological polar surface area (TPSA) is 64.1 Å². The predicted molar refractivity (Wildman–Crippen MR) is 61.9 cm³/mol. The van der Waals surface area contributed by atoms with Crippen molar-refractivity contribution in [2.45, 2.75) is 27.7 Å². The minimum Gasteiger partial charge on any atom is -0.405 e. The molecule has 0 rings (SSSR count). The van der Waals surface area contributed by atoms with E-state index >= 15 is 0 Å². The van der Waals surface area contributed by atoms with E-state index in [1.165, 1.54) is 6.20 Å². The van der Waals surface area contributed by atoms with Crippen molar-refractivity contribution in [2.75, 3.05) is 0 Å². The monoisotopic (exact) mass is 195 g/mol. The second-order valence-corrected chi connectivity index (χ2v) is 4.19. The normalized spacial score (nSPS) is 14.9. The zero-order valence-electron chi connectivity index (χ0n) is 9.46. The highest BCUT2D eigenvalue weighted by Gasteiger charge is 2.06. The van der Waals surface area contributed by atoms with Gasteiger partial charge in [-0.2, -0.15) is 0 Å². The van der Waals surface area contributed by atoms with E-state index in [0.29, 0.717) is 5.82 Å². The van der Waals surface area contributed by atoms with E-state index in [4.69, 9.17) is 11.5 Å². The van der Waals surface area contributed by atoms with E-state index in [0.717, 1.165) is 5.70 Å². The summed E-state index contributed by atoms with van der Waals surface area (Å²) < 4.78 is 0. The Labute approximate surface area is 86.5 Å². The maximum Gasteiger partial charge on any atom is 0.0968 e. The van der Waals surface area contributed by atoms with Gasteiger partial charge < -0.3 is 16.8 Å². The maximum atomic E-state index is 5.80. The van der Waals surface area contributed by atoms with Crippen LogP contribution in [0.25, 0.3) is 0 Å². The van der Waals surface area contributed by atoms with E-state index in [1.807, 2.05) is 19.1 Å². The molecule has 80 valence electrons.